The topological polar surface area (TPSA) is 49.7 Å². The van der Waals surface area contributed by atoms with Gasteiger partial charge in [-0.15, -0.1) is 0 Å². The van der Waals surface area contributed by atoms with E-state index in [1.54, 1.807) is 0 Å². The second kappa shape index (κ2) is 2.44. The van der Waals surface area contributed by atoms with Gasteiger partial charge >= 0.3 is 0 Å². The minimum Gasteiger partial charge on any atom is -0.388 e. The Morgan fingerprint density at radius 2 is 2.12 bits per heavy atom. The monoisotopic (exact) mass is 118 g/mol. The van der Waals surface area contributed by atoms with Gasteiger partial charge in [0, 0.05) is 6.61 Å². The number of hydrogen-bond acceptors (Lipinski definition) is 3. The van der Waals surface area contributed by atoms with Gasteiger partial charge in [-0.05, 0) is 12.8 Å². The summed E-state index contributed by atoms with van der Waals surface area (Å²) in [4.78, 5) is 0. The summed E-state index contributed by atoms with van der Waals surface area (Å²) in [6, 6.07) is 0. The Kier molecular flexibility index (Phi) is 1.83. The fourth-order valence-corrected chi connectivity index (χ4v) is 0.750. The van der Waals surface area contributed by atoms with Crippen molar-refractivity contribution in [3.8, 4) is 0 Å². The van der Waals surface area contributed by atoms with Crippen molar-refractivity contribution in [2.45, 2.75) is 25.2 Å². The van der Waals surface area contributed by atoms with Gasteiger partial charge in [0.05, 0.1) is 0 Å². The van der Waals surface area contributed by atoms with Gasteiger partial charge in [-0.25, -0.2) is 0 Å². The van der Waals surface area contributed by atoms with Crippen molar-refractivity contribution in [3.63, 3.8) is 0 Å². The van der Waals surface area contributed by atoms with Crippen LogP contribution < -0.4 is 0 Å². The zero-order chi connectivity index (χ0) is 5.98. The molecule has 1 fully saturated rings. The first-order chi connectivity index (χ1) is 3.80. The molecule has 48 valence electrons. The van der Waals surface area contributed by atoms with Gasteiger partial charge in [0.15, 0.2) is 6.29 Å². The molecule has 2 N–H and O–H groups in total. The van der Waals surface area contributed by atoms with Crippen LogP contribution in [0.3, 0.4) is 0 Å². The van der Waals surface area contributed by atoms with Crippen LogP contribution in [-0.4, -0.2) is 29.2 Å². The second-order valence-corrected chi connectivity index (χ2v) is 1.97. The van der Waals surface area contributed by atoms with E-state index in [0.29, 0.717) is 13.0 Å². The Labute approximate surface area is 47.9 Å². The molecule has 0 spiro atoms. The van der Waals surface area contributed by atoms with Crippen molar-refractivity contribution in [2.24, 2.45) is 0 Å². The van der Waals surface area contributed by atoms with Gasteiger partial charge in [-0.3, -0.25) is 0 Å². The molecule has 1 aliphatic heterocycles. The molecule has 0 aromatic rings. The van der Waals surface area contributed by atoms with Crippen LogP contribution in [-0.2, 0) is 4.74 Å². The summed E-state index contributed by atoms with van der Waals surface area (Å²) in [6.45, 7) is 0.568. The Bertz CT molecular complexity index is 64.1. The van der Waals surface area contributed by atoms with E-state index in [1.807, 2.05) is 0 Å². The van der Waals surface area contributed by atoms with E-state index < -0.39 is 12.4 Å². The van der Waals surface area contributed by atoms with Crippen molar-refractivity contribution in [3.05, 3.63) is 0 Å². The zero-order valence-corrected chi connectivity index (χ0v) is 4.58. The molecule has 0 aromatic heterocycles. The molecule has 0 saturated carbocycles. The Morgan fingerprint density at radius 1 is 1.38 bits per heavy atom. The van der Waals surface area contributed by atoms with Crippen LogP contribution in [0.15, 0.2) is 0 Å². The van der Waals surface area contributed by atoms with Crippen molar-refractivity contribution in [1.82, 2.24) is 0 Å². The molecule has 0 bridgehead atoms. The van der Waals surface area contributed by atoms with E-state index in [0.717, 1.165) is 6.42 Å². The number of aliphatic hydroxyl groups excluding tert-OH is 2. The van der Waals surface area contributed by atoms with Gasteiger partial charge in [0.2, 0.25) is 0 Å². The van der Waals surface area contributed by atoms with Crippen LogP contribution in [0.1, 0.15) is 12.8 Å². The zero-order valence-electron chi connectivity index (χ0n) is 4.58. The van der Waals surface area contributed by atoms with Gasteiger partial charge in [0.25, 0.3) is 0 Å². The van der Waals surface area contributed by atoms with Crippen molar-refractivity contribution in [2.75, 3.05) is 6.61 Å². The van der Waals surface area contributed by atoms with Gasteiger partial charge in [-0.1, -0.05) is 0 Å². The molecule has 3 nitrogen and oxygen atoms in total. The maximum atomic E-state index is 8.80. The molecule has 1 heterocycles. The Balaban J connectivity index is 2.28. The van der Waals surface area contributed by atoms with E-state index in [4.69, 9.17) is 14.9 Å². The molecule has 0 radical (unpaired) electrons. The summed E-state index contributed by atoms with van der Waals surface area (Å²) in [6.07, 6.45) is -0.105. The van der Waals surface area contributed by atoms with E-state index >= 15 is 0 Å². The quantitative estimate of drug-likeness (QED) is 0.450. The van der Waals surface area contributed by atoms with Crippen LogP contribution in [0, 0.1) is 0 Å². The summed E-state index contributed by atoms with van der Waals surface area (Å²) in [5.41, 5.74) is 0. The predicted molar refractivity (Wildman–Crippen MR) is 27.2 cm³/mol. The fraction of sp³-hybridized carbons (Fsp3) is 1.00. The number of ether oxygens (including phenoxy) is 1. The lowest BCUT2D eigenvalue weighted by Gasteiger charge is -2.22. The molecule has 8 heavy (non-hydrogen) atoms. The summed E-state index contributed by atoms with van der Waals surface area (Å²) in [7, 11) is 0. The van der Waals surface area contributed by atoms with Gasteiger partial charge in [-0.2, -0.15) is 0 Å². The smallest absolute Gasteiger partial charge is 0.180 e. The highest BCUT2D eigenvalue weighted by molar-refractivity contribution is 4.62. The molecule has 1 saturated heterocycles. The Hall–Kier alpha value is -0.120. The lowest BCUT2D eigenvalue weighted by atomic mass is 10.1. The standard InChI is InChI=1S/C5H10O3/c6-4-2-1-3-8-5(4)7/h4-7H,1-3H2/t4-,5?/m0/s1. The van der Waals surface area contributed by atoms with Crippen molar-refractivity contribution >= 4 is 0 Å². The van der Waals surface area contributed by atoms with Gasteiger partial charge < -0.3 is 14.9 Å². The lowest BCUT2D eigenvalue weighted by Crippen LogP contribution is -2.33. The van der Waals surface area contributed by atoms with E-state index in [9.17, 15) is 0 Å². The highest BCUT2D eigenvalue weighted by Crippen LogP contribution is 2.10. The number of hydrogen-bond donors (Lipinski definition) is 2. The van der Waals surface area contributed by atoms with E-state index in [1.165, 1.54) is 0 Å². The van der Waals surface area contributed by atoms with Crippen LogP contribution >= 0.6 is 0 Å². The SMILES string of the molecule is OC1OCCC[C@@H]1O. The first-order valence-electron chi connectivity index (χ1n) is 2.78. The molecule has 2 atom stereocenters. The molecule has 0 amide bonds. The first-order valence-corrected chi connectivity index (χ1v) is 2.78. The molecule has 1 rings (SSSR count). The molecule has 0 aliphatic carbocycles. The summed E-state index contributed by atoms with van der Waals surface area (Å²) in [5.74, 6) is 0. The number of aliphatic hydroxyl groups is 2. The lowest BCUT2D eigenvalue weighted by molar-refractivity contribution is -0.185. The van der Waals surface area contributed by atoms with Crippen molar-refractivity contribution in [1.29, 1.82) is 0 Å². The van der Waals surface area contributed by atoms with Crippen LogP contribution in [0.4, 0.5) is 0 Å². The molecule has 1 aliphatic rings. The van der Waals surface area contributed by atoms with Crippen LogP contribution in [0.2, 0.25) is 0 Å². The number of rotatable bonds is 0. The first kappa shape index (κ1) is 6.01. The largest absolute Gasteiger partial charge is 0.388 e. The molecule has 0 aromatic carbocycles. The van der Waals surface area contributed by atoms with E-state index in [-0.39, 0.29) is 0 Å². The van der Waals surface area contributed by atoms with Crippen LogP contribution in [0.25, 0.3) is 0 Å². The second-order valence-electron chi connectivity index (χ2n) is 1.97. The molecular formula is C5H10O3. The van der Waals surface area contributed by atoms with E-state index in [2.05, 4.69) is 0 Å². The summed E-state index contributed by atoms with van der Waals surface area (Å²) in [5, 5.41) is 17.5. The highest BCUT2D eigenvalue weighted by Gasteiger charge is 2.20. The summed E-state index contributed by atoms with van der Waals surface area (Å²) < 4.78 is 4.70. The molecule has 1 unspecified atom stereocenters. The maximum absolute atomic E-state index is 8.80. The van der Waals surface area contributed by atoms with Crippen LogP contribution in [0.5, 0.6) is 0 Å². The minimum atomic E-state index is -0.941. The average molecular weight is 118 g/mol. The van der Waals surface area contributed by atoms with Crippen molar-refractivity contribution < 1.29 is 14.9 Å². The molecule has 3 heteroatoms. The highest BCUT2D eigenvalue weighted by atomic mass is 16.6. The third-order valence-corrected chi connectivity index (χ3v) is 1.26. The fourth-order valence-electron chi connectivity index (χ4n) is 0.750. The third-order valence-electron chi connectivity index (χ3n) is 1.26. The molecular weight excluding hydrogens is 108 g/mol. The third kappa shape index (κ3) is 1.18. The normalized spacial score (nSPS) is 39.8. The predicted octanol–water partition coefficient (Wildman–Crippen LogP) is -0.524. The minimum absolute atomic E-state index is 0.568. The maximum Gasteiger partial charge on any atom is 0.180 e. The Morgan fingerprint density at radius 3 is 2.50 bits per heavy atom. The van der Waals surface area contributed by atoms with Gasteiger partial charge in [0.1, 0.15) is 6.10 Å². The summed E-state index contributed by atoms with van der Waals surface area (Å²) >= 11 is 0. The average Bonchev–Trinajstić information content (AvgIpc) is 1.77.